The van der Waals surface area contributed by atoms with Gasteiger partial charge in [-0.2, -0.15) is 5.10 Å². The van der Waals surface area contributed by atoms with E-state index in [1.807, 2.05) is 35.9 Å². The number of hydrogen-bond acceptors (Lipinski definition) is 3. The van der Waals surface area contributed by atoms with Gasteiger partial charge in [0, 0.05) is 12.7 Å². The van der Waals surface area contributed by atoms with Crippen LogP contribution < -0.4 is 15.4 Å². The van der Waals surface area contributed by atoms with Crippen LogP contribution in [0, 0.1) is 6.92 Å². The van der Waals surface area contributed by atoms with Crippen molar-refractivity contribution in [2.75, 3.05) is 12.4 Å². The van der Waals surface area contributed by atoms with E-state index in [1.54, 1.807) is 13.3 Å². The van der Waals surface area contributed by atoms with Crippen LogP contribution in [0.25, 0.3) is 0 Å². The first kappa shape index (κ1) is 15.3. The molecule has 2 rings (SSSR count). The highest BCUT2D eigenvalue weighted by Crippen LogP contribution is 2.24. The van der Waals surface area contributed by atoms with Gasteiger partial charge in [-0.3, -0.25) is 4.68 Å². The first-order valence-electron chi connectivity index (χ1n) is 6.84. The second kappa shape index (κ2) is 7.08. The predicted octanol–water partition coefficient (Wildman–Crippen LogP) is 2.71. The highest BCUT2D eigenvalue weighted by Gasteiger charge is 2.06. The summed E-state index contributed by atoms with van der Waals surface area (Å²) in [5, 5.41) is 11.1. The topological polar surface area (TPSA) is 51.1 Å². The number of thiocarbonyl (C=S) groups is 1. The first-order chi connectivity index (χ1) is 10.1. The SMILES string of the molecule is CCn1nccc1CNC(=S)Nc1cc(C)ccc1OC. The molecule has 0 saturated heterocycles. The highest BCUT2D eigenvalue weighted by molar-refractivity contribution is 7.80. The van der Waals surface area contributed by atoms with Crippen LogP contribution in [-0.2, 0) is 13.1 Å². The van der Waals surface area contributed by atoms with E-state index in [9.17, 15) is 0 Å². The molecule has 6 heteroatoms. The fourth-order valence-electron chi connectivity index (χ4n) is 2.05. The molecule has 1 aromatic carbocycles. The number of aromatic nitrogens is 2. The number of nitrogens with zero attached hydrogens (tertiary/aromatic N) is 2. The van der Waals surface area contributed by atoms with Crippen molar-refractivity contribution in [3.63, 3.8) is 0 Å². The Morgan fingerprint density at radius 3 is 2.90 bits per heavy atom. The van der Waals surface area contributed by atoms with Gasteiger partial charge in [0.15, 0.2) is 5.11 Å². The molecule has 0 aliphatic carbocycles. The average molecular weight is 304 g/mol. The maximum Gasteiger partial charge on any atom is 0.171 e. The Balaban J connectivity index is 1.97. The van der Waals surface area contributed by atoms with Crippen LogP contribution >= 0.6 is 12.2 Å². The molecule has 0 fully saturated rings. The zero-order valence-corrected chi connectivity index (χ0v) is 13.3. The number of hydrogen-bond donors (Lipinski definition) is 2. The van der Waals surface area contributed by atoms with Gasteiger partial charge in [-0.25, -0.2) is 0 Å². The molecule has 112 valence electrons. The van der Waals surface area contributed by atoms with Crippen LogP contribution in [0.3, 0.4) is 0 Å². The summed E-state index contributed by atoms with van der Waals surface area (Å²) in [4.78, 5) is 0. The second-order valence-electron chi connectivity index (χ2n) is 4.65. The Morgan fingerprint density at radius 1 is 1.38 bits per heavy atom. The van der Waals surface area contributed by atoms with Gasteiger partial charge in [-0.05, 0) is 49.8 Å². The zero-order valence-electron chi connectivity index (χ0n) is 12.5. The molecule has 0 saturated carbocycles. The molecule has 0 atom stereocenters. The molecule has 0 spiro atoms. The van der Waals surface area contributed by atoms with Crippen LogP contribution in [0.15, 0.2) is 30.5 Å². The van der Waals surface area contributed by atoms with Crippen LogP contribution in [0.5, 0.6) is 5.75 Å². The quantitative estimate of drug-likeness (QED) is 0.832. The summed E-state index contributed by atoms with van der Waals surface area (Å²) in [5.74, 6) is 0.767. The van der Waals surface area contributed by atoms with Crippen LogP contribution in [0.2, 0.25) is 0 Å². The van der Waals surface area contributed by atoms with E-state index in [-0.39, 0.29) is 0 Å². The van der Waals surface area contributed by atoms with E-state index in [1.165, 1.54) is 0 Å². The van der Waals surface area contributed by atoms with E-state index in [0.717, 1.165) is 29.2 Å². The Labute approximate surface area is 130 Å². The zero-order chi connectivity index (χ0) is 15.2. The first-order valence-corrected chi connectivity index (χ1v) is 7.25. The summed E-state index contributed by atoms with van der Waals surface area (Å²) >= 11 is 5.33. The normalized spacial score (nSPS) is 10.2. The van der Waals surface area contributed by atoms with Gasteiger partial charge >= 0.3 is 0 Å². The van der Waals surface area contributed by atoms with E-state index in [4.69, 9.17) is 17.0 Å². The van der Waals surface area contributed by atoms with Gasteiger partial charge in [-0.15, -0.1) is 0 Å². The molecule has 1 aromatic heterocycles. The number of ether oxygens (including phenoxy) is 1. The minimum Gasteiger partial charge on any atom is -0.495 e. The lowest BCUT2D eigenvalue weighted by Gasteiger charge is -2.14. The van der Waals surface area contributed by atoms with Crippen LogP contribution in [-0.4, -0.2) is 22.0 Å². The monoisotopic (exact) mass is 304 g/mol. The lowest BCUT2D eigenvalue weighted by Crippen LogP contribution is -2.29. The van der Waals surface area contributed by atoms with Gasteiger partial charge in [-0.1, -0.05) is 6.07 Å². The van der Waals surface area contributed by atoms with Crippen molar-refractivity contribution in [2.45, 2.75) is 26.9 Å². The molecule has 0 radical (unpaired) electrons. The number of benzene rings is 1. The fourth-order valence-corrected chi connectivity index (χ4v) is 2.23. The van der Waals surface area contributed by atoms with Crippen LogP contribution in [0.4, 0.5) is 5.69 Å². The number of anilines is 1. The number of methoxy groups -OCH3 is 1. The maximum absolute atomic E-state index is 5.33. The summed E-state index contributed by atoms with van der Waals surface area (Å²) in [5.41, 5.74) is 3.10. The van der Waals surface area contributed by atoms with Gasteiger partial charge in [0.2, 0.25) is 0 Å². The van der Waals surface area contributed by atoms with E-state index >= 15 is 0 Å². The number of aryl methyl sites for hydroxylation is 2. The summed E-state index contributed by atoms with van der Waals surface area (Å²) in [6.07, 6.45) is 1.79. The molecule has 1 heterocycles. The van der Waals surface area contributed by atoms with Crippen molar-refractivity contribution in [3.8, 4) is 5.75 Å². The molecule has 0 bridgehead atoms. The Hall–Kier alpha value is -2.08. The molecular weight excluding hydrogens is 284 g/mol. The summed E-state index contributed by atoms with van der Waals surface area (Å²) < 4.78 is 7.26. The molecule has 0 aliphatic rings. The molecule has 2 N–H and O–H groups in total. The minimum atomic E-state index is 0.558. The minimum absolute atomic E-state index is 0.558. The molecule has 5 nitrogen and oxygen atoms in total. The molecule has 2 aromatic rings. The Bertz CT molecular complexity index is 624. The van der Waals surface area contributed by atoms with Gasteiger partial charge in [0.25, 0.3) is 0 Å². The van der Waals surface area contributed by atoms with Crippen molar-refractivity contribution >= 4 is 23.0 Å². The van der Waals surface area contributed by atoms with Gasteiger partial charge in [0.1, 0.15) is 5.75 Å². The standard InChI is InChI=1S/C15H20N4OS/c1-4-19-12(7-8-17-19)10-16-15(21)18-13-9-11(2)5-6-14(13)20-3/h5-9H,4,10H2,1-3H3,(H2,16,18,21). The summed E-state index contributed by atoms with van der Waals surface area (Å²) in [7, 11) is 1.64. The third-order valence-corrected chi connectivity index (χ3v) is 3.38. The summed E-state index contributed by atoms with van der Waals surface area (Å²) in [6.45, 7) is 5.56. The molecular formula is C15H20N4OS. The average Bonchev–Trinajstić information content (AvgIpc) is 2.93. The second-order valence-corrected chi connectivity index (χ2v) is 5.06. The number of rotatable bonds is 5. The highest BCUT2D eigenvalue weighted by atomic mass is 32.1. The number of nitrogens with one attached hydrogen (secondary N) is 2. The van der Waals surface area contributed by atoms with Crippen molar-refractivity contribution in [3.05, 3.63) is 41.7 Å². The lowest BCUT2D eigenvalue weighted by atomic mass is 10.2. The van der Waals surface area contributed by atoms with Crippen molar-refractivity contribution in [1.29, 1.82) is 0 Å². The van der Waals surface area contributed by atoms with E-state index < -0.39 is 0 Å². The van der Waals surface area contributed by atoms with E-state index in [2.05, 4.69) is 22.7 Å². The molecule has 0 amide bonds. The lowest BCUT2D eigenvalue weighted by molar-refractivity contribution is 0.417. The van der Waals surface area contributed by atoms with Gasteiger partial charge in [0.05, 0.1) is 25.0 Å². The smallest absolute Gasteiger partial charge is 0.171 e. The molecule has 21 heavy (non-hydrogen) atoms. The Morgan fingerprint density at radius 2 is 2.19 bits per heavy atom. The molecule has 0 aliphatic heterocycles. The van der Waals surface area contributed by atoms with E-state index in [0.29, 0.717) is 11.7 Å². The van der Waals surface area contributed by atoms with Crippen molar-refractivity contribution in [2.24, 2.45) is 0 Å². The maximum atomic E-state index is 5.33. The third kappa shape index (κ3) is 3.95. The van der Waals surface area contributed by atoms with Gasteiger partial charge < -0.3 is 15.4 Å². The van der Waals surface area contributed by atoms with Crippen molar-refractivity contribution in [1.82, 2.24) is 15.1 Å². The largest absolute Gasteiger partial charge is 0.495 e. The third-order valence-electron chi connectivity index (χ3n) is 3.14. The van der Waals surface area contributed by atoms with Crippen molar-refractivity contribution < 1.29 is 4.74 Å². The van der Waals surface area contributed by atoms with Crippen LogP contribution in [0.1, 0.15) is 18.2 Å². The fraction of sp³-hybridized carbons (Fsp3) is 0.333. The summed E-state index contributed by atoms with van der Waals surface area (Å²) in [6, 6.07) is 7.90. The predicted molar refractivity (Wildman–Crippen MR) is 88.7 cm³/mol. The Kier molecular flexibility index (Phi) is 5.16. The molecule has 0 unspecified atom stereocenters.